The molecule has 1 aliphatic carbocycles. The van der Waals surface area contributed by atoms with Gasteiger partial charge in [0.1, 0.15) is 0 Å². The molecule has 0 fully saturated rings. The molecule has 3 aromatic carbocycles. The fraction of sp³-hybridized carbons (Fsp3) is 0.207. The van der Waals surface area contributed by atoms with Gasteiger partial charge in [0.15, 0.2) is 0 Å². The normalized spacial score (nSPS) is 18.2. The van der Waals surface area contributed by atoms with E-state index in [2.05, 4.69) is 49.4 Å². The lowest BCUT2D eigenvalue weighted by atomic mass is 9.82. The third kappa shape index (κ3) is 3.69. The molecule has 0 unspecified atom stereocenters. The van der Waals surface area contributed by atoms with Crippen LogP contribution in [0.2, 0.25) is 5.02 Å². The molecule has 6 rings (SSSR count). The number of aryl methyl sites for hydroxylation is 2. The Balaban J connectivity index is 1.59. The molecule has 0 N–H and O–H groups in total. The van der Waals surface area contributed by atoms with Crippen LogP contribution in [0.25, 0.3) is 5.70 Å². The van der Waals surface area contributed by atoms with Crippen LogP contribution >= 0.6 is 11.6 Å². The third-order valence-electron chi connectivity index (χ3n) is 6.77. The number of rotatable bonds is 4. The zero-order valence-electron chi connectivity index (χ0n) is 20.1. The summed E-state index contributed by atoms with van der Waals surface area (Å²) in [5.74, 6) is 0.292. The number of ether oxygens (including phenoxy) is 1. The van der Waals surface area contributed by atoms with Gasteiger partial charge < -0.3 is 4.74 Å². The number of anilines is 1. The van der Waals surface area contributed by atoms with Crippen molar-refractivity contribution in [3.05, 3.63) is 106 Å². The number of esters is 1. The van der Waals surface area contributed by atoms with Gasteiger partial charge in [0.2, 0.25) is 11.8 Å². The number of aliphatic imine (C=N–C) groups is 1. The Morgan fingerprint density at radius 3 is 2.64 bits per heavy atom. The summed E-state index contributed by atoms with van der Waals surface area (Å²) >= 11 is 6.33. The SMILES string of the molecule is CCOC(=O)C1=NN(c2cccc(Cl)c2)C2=NC3=C(CCc4ccccc43)[C@H](c3ccc(C)cc3)N12. The topological polar surface area (TPSA) is 57.5 Å². The molecule has 0 radical (unpaired) electrons. The molecule has 0 spiro atoms. The highest BCUT2D eigenvalue weighted by Gasteiger charge is 2.46. The number of guanidine groups is 1. The van der Waals surface area contributed by atoms with Crippen molar-refractivity contribution in [1.29, 1.82) is 0 Å². The summed E-state index contributed by atoms with van der Waals surface area (Å²) < 4.78 is 5.44. The molecule has 0 saturated heterocycles. The van der Waals surface area contributed by atoms with Gasteiger partial charge in [-0.15, -0.1) is 5.10 Å². The zero-order chi connectivity index (χ0) is 24.8. The highest BCUT2D eigenvalue weighted by atomic mass is 35.5. The van der Waals surface area contributed by atoms with Gasteiger partial charge in [-0.25, -0.2) is 9.79 Å². The molecule has 7 heteroatoms. The number of fused-ring (bicyclic) bond motifs is 3. The predicted molar refractivity (Wildman–Crippen MR) is 143 cm³/mol. The van der Waals surface area contributed by atoms with Crippen molar-refractivity contribution in [1.82, 2.24) is 4.90 Å². The number of amidine groups is 1. The van der Waals surface area contributed by atoms with Crippen LogP contribution < -0.4 is 5.01 Å². The molecule has 6 nitrogen and oxygen atoms in total. The Labute approximate surface area is 215 Å². The summed E-state index contributed by atoms with van der Waals surface area (Å²) in [6.07, 6.45) is 1.76. The molecule has 0 aromatic heterocycles. The predicted octanol–water partition coefficient (Wildman–Crippen LogP) is 6.12. The van der Waals surface area contributed by atoms with Crippen molar-refractivity contribution < 1.29 is 9.53 Å². The van der Waals surface area contributed by atoms with Crippen molar-refractivity contribution >= 4 is 40.7 Å². The second-order valence-corrected chi connectivity index (χ2v) is 9.50. The van der Waals surface area contributed by atoms with Crippen LogP contribution in [0, 0.1) is 6.92 Å². The van der Waals surface area contributed by atoms with Crippen molar-refractivity contribution in [2.75, 3.05) is 11.6 Å². The molecular formula is C29H25ClN4O2. The monoisotopic (exact) mass is 496 g/mol. The lowest BCUT2D eigenvalue weighted by molar-refractivity contribution is -0.135. The van der Waals surface area contributed by atoms with Gasteiger partial charge >= 0.3 is 5.97 Å². The van der Waals surface area contributed by atoms with E-state index in [0.29, 0.717) is 11.0 Å². The maximum Gasteiger partial charge on any atom is 0.376 e. The van der Waals surface area contributed by atoms with Crippen LogP contribution in [0.15, 0.2) is 88.5 Å². The van der Waals surface area contributed by atoms with E-state index in [1.54, 1.807) is 11.9 Å². The van der Waals surface area contributed by atoms with Crippen LogP contribution in [0.1, 0.15) is 41.6 Å². The molecule has 0 amide bonds. The van der Waals surface area contributed by atoms with Gasteiger partial charge in [0, 0.05) is 10.6 Å². The Kier molecular flexibility index (Phi) is 5.61. The van der Waals surface area contributed by atoms with Crippen LogP contribution in [-0.2, 0) is 16.0 Å². The van der Waals surface area contributed by atoms with E-state index in [-0.39, 0.29) is 18.5 Å². The minimum absolute atomic E-state index is 0.214. The first-order chi connectivity index (χ1) is 17.5. The maximum atomic E-state index is 13.2. The van der Waals surface area contributed by atoms with Crippen molar-refractivity contribution in [2.24, 2.45) is 10.1 Å². The summed E-state index contributed by atoms with van der Waals surface area (Å²) in [5, 5.41) is 7.03. The average molecular weight is 497 g/mol. The van der Waals surface area contributed by atoms with E-state index in [4.69, 9.17) is 26.4 Å². The largest absolute Gasteiger partial charge is 0.460 e. The van der Waals surface area contributed by atoms with Crippen molar-refractivity contribution in [2.45, 2.75) is 32.7 Å². The Morgan fingerprint density at radius 2 is 1.86 bits per heavy atom. The van der Waals surface area contributed by atoms with E-state index in [1.165, 1.54) is 16.7 Å². The number of hydrogen-bond donors (Lipinski definition) is 0. The lowest BCUT2D eigenvalue weighted by Gasteiger charge is -2.39. The molecule has 180 valence electrons. The Morgan fingerprint density at radius 1 is 1.06 bits per heavy atom. The second kappa shape index (κ2) is 8.95. The van der Waals surface area contributed by atoms with Gasteiger partial charge in [-0.05, 0) is 61.6 Å². The van der Waals surface area contributed by atoms with Gasteiger partial charge in [0.05, 0.1) is 24.0 Å². The summed E-state index contributed by atoms with van der Waals surface area (Å²) in [6, 6.07) is 24.0. The van der Waals surface area contributed by atoms with E-state index >= 15 is 0 Å². The summed E-state index contributed by atoms with van der Waals surface area (Å²) in [4.78, 5) is 20.3. The number of benzene rings is 3. The van der Waals surface area contributed by atoms with Gasteiger partial charge in [0.25, 0.3) is 0 Å². The molecule has 3 aliphatic rings. The number of carbonyl (C=O) groups excluding carboxylic acids is 1. The quantitative estimate of drug-likeness (QED) is 0.408. The smallest absolute Gasteiger partial charge is 0.376 e. The molecule has 0 bridgehead atoms. The number of hydrazone groups is 1. The molecule has 1 atom stereocenters. The van der Waals surface area contributed by atoms with E-state index in [9.17, 15) is 4.79 Å². The summed E-state index contributed by atoms with van der Waals surface area (Å²) in [6.45, 7) is 4.12. The van der Waals surface area contributed by atoms with E-state index in [1.807, 2.05) is 35.2 Å². The number of hydrogen-bond acceptors (Lipinski definition) is 6. The minimum Gasteiger partial charge on any atom is -0.460 e. The van der Waals surface area contributed by atoms with Crippen LogP contribution in [-0.4, -0.2) is 29.3 Å². The van der Waals surface area contributed by atoms with Crippen LogP contribution in [0.3, 0.4) is 0 Å². The Bertz CT molecular complexity index is 1460. The highest BCUT2D eigenvalue weighted by molar-refractivity contribution is 6.42. The molecule has 36 heavy (non-hydrogen) atoms. The molecule has 2 aliphatic heterocycles. The molecule has 3 aromatic rings. The summed E-state index contributed by atoms with van der Waals surface area (Å²) in [7, 11) is 0. The molecular weight excluding hydrogens is 472 g/mol. The first kappa shape index (κ1) is 22.6. The van der Waals surface area contributed by atoms with Crippen LogP contribution in [0.4, 0.5) is 5.69 Å². The van der Waals surface area contributed by atoms with Crippen molar-refractivity contribution in [3.63, 3.8) is 0 Å². The van der Waals surface area contributed by atoms with E-state index < -0.39 is 5.97 Å². The first-order valence-corrected chi connectivity index (χ1v) is 12.5. The minimum atomic E-state index is -0.480. The van der Waals surface area contributed by atoms with E-state index in [0.717, 1.165) is 35.4 Å². The average Bonchev–Trinajstić information content (AvgIpc) is 3.27. The maximum absolute atomic E-state index is 13.2. The fourth-order valence-electron chi connectivity index (χ4n) is 5.12. The first-order valence-electron chi connectivity index (χ1n) is 12.1. The number of halogens is 1. The number of carbonyl (C=O) groups is 1. The molecule has 2 heterocycles. The lowest BCUT2D eigenvalue weighted by Crippen LogP contribution is -2.46. The van der Waals surface area contributed by atoms with Crippen molar-refractivity contribution in [3.8, 4) is 0 Å². The van der Waals surface area contributed by atoms with Gasteiger partial charge in [-0.1, -0.05) is 71.8 Å². The Hall–Kier alpha value is -3.90. The second-order valence-electron chi connectivity index (χ2n) is 9.06. The number of nitrogens with zero attached hydrogens (tertiary/aromatic N) is 4. The highest BCUT2D eigenvalue weighted by Crippen LogP contribution is 2.47. The van der Waals surface area contributed by atoms with Gasteiger partial charge in [-0.3, -0.25) is 4.90 Å². The van der Waals surface area contributed by atoms with Crippen LogP contribution in [0.5, 0.6) is 0 Å². The standard InChI is InChI=1S/C29H25ClN4O2/c1-3-36-28(35)27-32-34(22-9-6-8-21(30)17-22)29-31-25-23-10-5-4-7-19(23)15-16-24(25)26(33(27)29)20-13-11-18(2)12-14-20/h4-14,17,26H,3,15-16H2,1-2H3/t26-/m0/s1. The van der Waals surface area contributed by atoms with Gasteiger partial charge in [-0.2, -0.15) is 5.01 Å². The summed E-state index contributed by atoms with van der Waals surface area (Å²) in [5.41, 5.74) is 7.49. The third-order valence-corrected chi connectivity index (χ3v) is 7.01. The zero-order valence-corrected chi connectivity index (χ0v) is 20.9. The fourth-order valence-corrected chi connectivity index (χ4v) is 5.31. The molecule has 0 saturated carbocycles.